The summed E-state index contributed by atoms with van der Waals surface area (Å²) in [7, 11) is -4.34. The van der Waals surface area contributed by atoms with Crippen molar-refractivity contribution in [1.29, 1.82) is 0 Å². The number of aromatic amines is 1. The molecule has 0 spiro atoms. The fraction of sp³-hybridized carbons (Fsp3) is 0.333. The number of ether oxygens (including phenoxy) is 2. The molecule has 12 heteroatoms. The minimum Gasteiger partial charge on any atom is -0.493 e. The zero-order valence-electron chi connectivity index (χ0n) is 30.5. The second-order valence-electron chi connectivity index (χ2n) is 15.2. The van der Waals surface area contributed by atoms with Crippen LogP contribution in [0.15, 0.2) is 95.7 Å². The Morgan fingerprint density at radius 1 is 1.00 bits per heavy atom. The predicted octanol–water partition coefficient (Wildman–Crippen LogP) is 8.24. The molecule has 8 rings (SSSR count). The van der Waals surface area contributed by atoms with Crippen LogP contribution in [0.3, 0.4) is 0 Å². The van der Waals surface area contributed by atoms with E-state index in [0.29, 0.717) is 18.0 Å². The average Bonchev–Trinajstić information content (AvgIpc) is 3.64. The van der Waals surface area contributed by atoms with Gasteiger partial charge in [0.25, 0.3) is 15.9 Å². The number of sulfonamides is 1. The van der Waals surface area contributed by atoms with E-state index in [4.69, 9.17) is 21.1 Å². The number of carbonyl (C=O) groups is 1. The molecule has 2 aromatic heterocycles. The van der Waals surface area contributed by atoms with Crippen LogP contribution in [0.1, 0.15) is 61.0 Å². The Morgan fingerprint density at radius 3 is 2.63 bits per heavy atom. The molecule has 1 fully saturated rings. The number of hydrogen-bond donors (Lipinski definition) is 2. The number of amides is 1. The highest BCUT2D eigenvalue weighted by atomic mass is 35.5. The number of halogens is 1. The number of nitrogens with zero attached hydrogens (tertiary/aromatic N) is 3. The third-order valence-electron chi connectivity index (χ3n) is 10.7. The molecule has 54 heavy (non-hydrogen) atoms. The lowest BCUT2D eigenvalue weighted by atomic mass is 9.72. The van der Waals surface area contributed by atoms with Crippen LogP contribution in [0, 0.1) is 5.41 Å². The standard InChI is InChI=1S/C42H44ClN5O5S/c1-42(2)15-13-32(36(25-42)28-5-8-33(43)9-6-28)27-47-17-19-48(20-18-47)34-10-12-39(38(24-34)53-35-23-30-14-16-44-40(30)45-26-35)54(50,51)46-41(49)31-7-11-37-29(22-31)4-3-21-52-37/h5-12,14,16,22-24,26H,3-4,13,15,17-21,25,27H2,1-2H3,(H,44,45)(H,46,49). The number of piperazine rings is 1. The number of hydrogen-bond acceptors (Lipinski definition) is 8. The summed E-state index contributed by atoms with van der Waals surface area (Å²) in [6, 6.07) is 21.9. The Bertz CT molecular complexity index is 2350. The molecule has 3 aliphatic rings. The highest BCUT2D eigenvalue weighted by molar-refractivity contribution is 7.90. The van der Waals surface area contributed by atoms with E-state index in [2.05, 4.69) is 50.5 Å². The van der Waals surface area contributed by atoms with Crippen LogP contribution in [-0.2, 0) is 16.4 Å². The summed E-state index contributed by atoms with van der Waals surface area (Å²) in [5, 5.41) is 1.57. The summed E-state index contributed by atoms with van der Waals surface area (Å²) in [5.41, 5.74) is 7.09. The maximum Gasteiger partial charge on any atom is 0.268 e. The van der Waals surface area contributed by atoms with Crippen molar-refractivity contribution in [2.45, 2.75) is 50.8 Å². The fourth-order valence-corrected chi connectivity index (χ4v) is 8.94. The minimum atomic E-state index is -4.34. The van der Waals surface area contributed by atoms with Gasteiger partial charge in [0.05, 0.1) is 12.8 Å². The Hall–Kier alpha value is -4.84. The normalized spacial score (nSPS) is 17.6. The molecular formula is C42H44ClN5O5S. The molecule has 2 N–H and O–H groups in total. The number of nitrogens with one attached hydrogen (secondary N) is 2. The van der Waals surface area contributed by atoms with Crippen molar-refractivity contribution < 1.29 is 22.7 Å². The lowest BCUT2D eigenvalue weighted by Crippen LogP contribution is -2.47. The van der Waals surface area contributed by atoms with Crippen LogP contribution < -0.4 is 19.1 Å². The van der Waals surface area contributed by atoms with Gasteiger partial charge in [0.1, 0.15) is 27.8 Å². The molecule has 1 amide bonds. The molecule has 3 aromatic carbocycles. The molecular weight excluding hydrogens is 722 g/mol. The molecule has 280 valence electrons. The zero-order valence-corrected chi connectivity index (χ0v) is 32.1. The molecule has 1 saturated heterocycles. The number of carbonyl (C=O) groups excluding carboxylic acids is 1. The van der Waals surface area contributed by atoms with Crippen molar-refractivity contribution in [3.63, 3.8) is 0 Å². The molecule has 0 bridgehead atoms. The molecule has 0 unspecified atom stereocenters. The summed E-state index contributed by atoms with van der Waals surface area (Å²) in [5.74, 6) is 0.481. The van der Waals surface area contributed by atoms with Crippen LogP contribution >= 0.6 is 11.6 Å². The first-order valence-electron chi connectivity index (χ1n) is 18.5. The number of aryl methyl sites for hydroxylation is 1. The van der Waals surface area contributed by atoms with Crippen molar-refractivity contribution in [2.24, 2.45) is 5.41 Å². The first-order valence-corrected chi connectivity index (χ1v) is 20.4. The maximum atomic E-state index is 13.9. The second-order valence-corrected chi connectivity index (χ2v) is 17.3. The fourth-order valence-electron chi connectivity index (χ4n) is 7.73. The van der Waals surface area contributed by atoms with Gasteiger partial charge in [-0.15, -0.1) is 0 Å². The maximum absolute atomic E-state index is 13.9. The van der Waals surface area contributed by atoms with E-state index in [-0.39, 0.29) is 21.6 Å². The minimum absolute atomic E-state index is 0.105. The number of anilines is 1. The Kier molecular flexibility index (Phi) is 9.89. The molecule has 10 nitrogen and oxygen atoms in total. The summed E-state index contributed by atoms with van der Waals surface area (Å²) in [6.07, 6.45) is 8.20. The predicted molar refractivity (Wildman–Crippen MR) is 212 cm³/mol. The number of H-pyrrole nitrogens is 1. The smallest absolute Gasteiger partial charge is 0.268 e. The Morgan fingerprint density at radius 2 is 1.81 bits per heavy atom. The lowest BCUT2D eigenvalue weighted by Gasteiger charge is -2.39. The molecule has 0 atom stereocenters. The van der Waals surface area contributed by atoms with Gasteiger partial charge in [-0.25, -0.2) is 18.1 Å². The first kappa shape index (κ1) is 36.2. The first-order chi connectivity index (χ1) is 26.0. The topological polar surface area (TPSA) is 117 Å². The van der Waals surface area contributed by atoms with Gasteiger partial charge in [-0.05, 0) is 109 Å². The van der Waals surface area contributed by atoms with Crippen LogP contribution in [0.25, 0.3) is 16.6 Å². The quantitative estimate of drug-likeness (QED) is 0.154. The Balaban J connectivity index is 1.02. The van der Waals surface area contributed by atoms with E-state index in [1.165, 1.54) is 22.8 Å². The second kappa shape index (κ2) is 14.8. The van der Waals surface area contributed by atoms with Crippen LogP contribution in [0.4, 0.5) is 5.69 Å². The monoisotopic (exact) mass is 765 g/mol. The number of pyridine rings is 1. The van der Waals surface area contributed by atoms with Gasteiger partial charge in [-0.3, -0.25) is 9.69 Å². The van der Waals surface area contributed by atoms with Crippen LogP contribution in [0.2, 0.25) is 5.02 Å². The largest absolute Gasteiger partial charge is 0.493 e. The third-order valence-corrected chi connectivity index (χ3v) is 12.4. The van der Waals surface area contributed by atoms with Crippen LogP contribution in [0.5, 0.6) is 17.2 Å². The van der Waals surface area contributed by atoms with Crippen molar-refractivity contribution in [3.05, 3.63) is 112 Å². The number of rotatable bonds is 9. The van der Waals surface area contributed by atoms with Crippen molar-refractivity contribution in [2.75, 3.05) is 44.2 Å². The third kappa shape index (κ3) is 7.85. The van der Waals surface area contributed by atoms with E-state index in [1.54, 1.807) is 48.8 Å². The average molecular weight is 766 g/mol. The van der Waals surface area contributed by atoms with E-state index in [9.17, 15) is 13.2 Å². The van der Waals surface area contributed by atoms with Gasteiger partial charge in [-0.2, -0.15) is 0 Å². The zero-order chi connectivity index (χ0) is 37.5. The van der Waals surface area contributed by atoms with Gasteiger partial charge in [0.2, 0.25) is 0 Å². The summed E-state index contributed by atoms with van der Waals surface area (Å²) < 4.78 is 42.0. The van der Waals surface area contributed by atoms with Gasteiger partial charge >= 0.3 is 0 Å². The van der Waals surface area contributed by atoms with Gasteiger partial charge in [0.15, 0.2) is 0 Å². The van der Waals surface area contributed by atoms with E-state index < -0.39 is 15.9 Å². The van der Waals surface area contributed by atoms with Gasteiger partial charge in [0, 0.05) is 66.6 Å². The van der Waals surface area contributed by atoms with Crippen LogP contribution in [-0.4, -0.2) is 68.5 Å². The van der Waals surface area contributed by atoms with Crippen molar-refractivity contribution >= 4 is 49.8 Å². The Labute approximate surface area is 321 Å². The molecule has 5 aromatic rings. The lowest BCUT2D eigenvalue weighted by molar-refractivity contribution is 0.0981. The molecule has 0 radical (unpaired) electrons. The molecule has 4 heterocycles. The van der Waals surface area contributed by atoms with Gasteiger partial charge in [-0.1, -0.05) is 43.2 Å². The number of benzene rings is 3. The highest BCUT2D eigenvalue weighted by Crippen LogP contribution is 2.43. The molecule has 0 saturated carbocycles. The summed E-state index contributed by atoms with van der Waals surface area (Å²) >= 11 is 6.23. The van der Waals surface area contributed by atoms with E-state index in [1.807, 2.05) is 18.2 Å². The van der Waals surface area contributed by atoms with Crippen molar-refractivity contribution in [1.82, 2.24) is 19.6 Å². The number of fused-ring (bicyclic) bond motifs is 2. The van der Waals surface area contributed by atoms with E-state index in [0.717, 1.165) is 92.2 Å². The summed E-state index contributed by atoms with van der Waals surface area (Å²) in [6.45, 7) is 9.46. The highest BCUT2D eigenvalue weighted by Gasteiger charge is 2.30. The molecule has 2 aliphatic heterocycles. The SMILES string of the molecule is CC1(C)CCC(CN2CCN(c3ccc(S(=O)(=O)NC(=O)c4ccc5c(c4)CCCO5)c(Oc4cnc5[nH]ccc5c4)c3)CC2)=C(c2ccc(Cl)cc2)C1. The van der Waals surface area contributed by atoms with Crippen molar-refractivity contribution in [3.8, 4) is 17.2 Å². The van der Waals surface area contributed by atoms with E-state index >= 15 is 0 Å². The number of allylic oxidation sites excluding steroid dienone is 1. The number of aromatic nitrogens is 2. The molecule has 1 aliphatic carbocycles. The summed E-state index contributed by atoms with van der Waals surface area (Å²) in [4.78, 5) is 25.4. The van der Waals surface area contributed by atoms with Gasteiger partial charge < -0.3 is 19.4 Å².